The number of amides is 1. The molecular formula is C13H20FN3O2. The Balaban J connectivity index is 3.00. The summed E-state index contributed by atoms with van der Waals surface area (Å²) >= 11 is 0. The maximum absolute atomic E-state index is 13.5. The second kappa shape index (κ2) is 6.82. The van der Waals surface area contributed by atoms with Crippen molar-refractivity contribution in [2.24, 2.45) is 0 Å². The molecule has 6 heteroatoms. The molecule has 0 bridgehead atoms. The van der Waals surface area contributed by atoms with Gasteiger partial charge < -0.3 is 20.7 Å². The van der Waals surface area contributed by atoms with Gasteiger partial charge in [0.15, 0.2) is 11.6 Å². The van der Waals surface area contributed by atoms with Gasteiger partial charge in [0.05, 0.1) is 25.0 Å². The minimum Gasteiger partial charge on any atom is -0.494 e. The van der Waals surface area contributed by atoms with Crippen LogP contribution in [0.5, 0.6) is 5.75 Å². The minimum absolute atomic E-state index is 0.105. The quantitative estimate of drug-likeness (QED) is 0.766. The summed E-state index contributed by atoms with van der Waals surface area (Å²) in [5, 5.41) is 2.71. The molecule has 0 aliphatic heterocycles. The highest BCUT2D eigenvalue weighted by molar-refractivity contribution is 5.83. The van der Waals surface area contributed by atoms with E-state index in [9.17, 15) is 9.18 Å². The van der Waals surface area contributed by atoms with Crippen molar-refractivity contribution in [3.8, 4) is 5.75 Å². The summed E-state index contributed by atoms with van der Waals surface area (Å²) in [7, 11) is 1.39. The minimum atomic E-state index is -0.516. The fourth-order valence-electron chi connectivity index (χ4n) is 1.78. The van der Waals surface area contributed by atoms with Crippen LogP contribution < -0.4 is 20.7 Å². The average Bonchev–Trinajstić information content (AvgIpc) is 2.37. The maximum atomic E-state index is 13.5. The summed E-state index contributed by atoms with van der Waals surface area (Å²) in [4.78, 5) is 13.4. The lowest BCUT2D eigenvalue weighted by atomic mass is 10.2. The molecule has 0 unspecified atom stereocenters. The molecule has 0 atom stereocenters. The molecule has 106 valence electrons. The fraction of sp³-hybridized carbons (Fsp3) is 0.462. The van der Waals surface area contributed by atoms with Gasteiger partial charge in [0, 0.05) is 25.2 Å². The topological polar surface area (TPSA) is 67.6 Å². The third-order valence-electron chi connectivity index (χ3n) is 2.73. The van der Waals surface area contributed by atoms with Gasteiger partial charge in [0.25, 0.3) is 0 Å². The first-order valence-corrected chi connectivity index (χ1v) is 6.18. The molecular weight excluding hydrogens is 249 g/mol. The zero-order valence-corrected chi connectivity index (χ0v) is 11.5. The van der Waals surface area contributed by atoms with Crippen molar-refractivity contribution in [3.05, 3.63) is 17.9 Å². The van der Waals surface area contributed by atoms with Gasteiger partial charge in [-0.05, 0) is 13.8 Å². The molecule has 5 nitrogen and oxygen atoms in total. The number of methoxy groups -OCH3 is 1. The molecule has 1 aromatic rings. The van der Waals surface area contributed by atoms with Crippen LogP contribution in [-0.4, -0.2) is 32.7 Å². The number of carbonyl (C=O) groups is 1. The van der Waals surface area contributed by atoms with Gasteiger partial charge in [-0.25, -0.2) is 4.39 Å². The van der Waals surface area contributed by atoms with E-state index in [4.69, 9.17) is 10.5 Å². The molecule has 19 heavy (non-hydrogen) atoms. The molecule has 0 radical (unpaired) electrons. The first kappa shape index (κ1) is 15.1. The number of likely N-dealkylation sites (N-methyl/N-ethyl adjacent to an activating group) is 2. The van der Waals surface area contributed by atoms with Crippen molar-refractivity contribution >= 4 is 17.3 Å². The molecule has 0 aliphatic rings. The van der Waals surface area contributed by atoms with Crippen LogP contribution >= 0.6 is 0 Å². The monoisotopic (exact) mass is 269 g/mol. The lowest BCUT2D eigenvalue weighted by Crippen LogP contribution is -2.37. The fourth-order valence-corrected chi connectivity index (χ4v) is 1.78. The molecule has 0 saturated heterocycles. The van der Waals surface area contributed by atoms with Gasteiger partial charge in [0.1, 0.15) is 0 Å². The molecule has 0 fully saturated rings. The number of nitrogens with zero attached hydrogens (tertiary/aromatic N) is 1. The van der Waals surface area contributed by atoms with E-state index in [0.29, 0.717) is 18.8 Å². The lowest BCUT2D eigenvalue weighted by Gasteiger charge is -2.24. The normalized spacial score (nSPS) is 10.1. The van der Waals surface area contributed by atoms with E-state index in [1.54, 1.807) is 4.90 Å². The van der Waals surface area contributed by atoms with Crippen molar-refractivity contribution < 1.29 is 13.9 Å². The van der Waals surface area contributed by atoms with Crippen LogP contribution in [0.4, 0.5) is 15.8 Å². The largest absolute Gasteiger partial charge is 0.494 e. The number of hydrogen-bond donors (Lipinski definition) is 2. The molecule has 1 amide bonds. The SMILES string of the molecule is CCNC(=O)CN(CC)c1cc(OC)c(F)cc1N. The average molecular weight is 269 g/mol. The van der Waals surface area contributed by atoms with E-state index < -0.39 is 5.82 Å². The number of halogens is 1. The molecule has 0 heterocycles. The van der Waals surface area contributed by atoms with Gasteiger partial charge in [-0.15, -0.1) is 0 Å². The number of nitrogens with two attached hydrogens (primary N) is 1. The van der Waals surface area contributed by atoms with Gasteiger partial charge in [-0.1, -0.05) is 0 Å². The molecule has 1 rings (SSSR count). The van der Waals surface area contributed by atoms with Gasteiger partial charge in [-0.2, -0.15) is 0 Å². The smallest absolute Gasteiger partial charge is 0.239 e. The van der Waals surface area contributed by atoms with E-state index in [2.05, 4.69) is 5.32 Å². The van der Waals surface area contributed by atoms with Crippen molar-refractivity contribution in [1.29, 1.82) is 0 Å². The number of nitrogens with one attached hydrogen (secondary N) is 1. The molecule has 0 spiro atoms. The van der Waals surface area contributed by atoms with Crippen LogP contribution in [0.3, 0.4) is 0 Å². The van der Waals surface area contributed by atoms with Crippen LogP contribution in [0.25, 0.3) is 0 Å². The summed E-state index contributed by atoms with van der Waals surface area (Å²) in [6.07, 6.45) is 0. The van der Waals surface area contributed by atoms with E-state index in [0.717, 1.165) is 0 Å². The highest BCUT2D eigenvalue weighted by Gasteiger charge is 2.15. The van der Waals surface area contributed by atoms with Crippen molar-refractivity contribution in [1.82, 2.24) is 5.32 Å². The summed E-state index contributed by atoms with van der Waals surface area (Å²) < 4.78 is 18.4. The Hall–Kier alpha value is -1.98. The second-order valence-electron chi connectivity index (χ2n) is 4.01. The third-order valence-corrected chi connectivity index (χ3v) is 2.73. The maximum Gasteiger partial charge on any atom is 0.239 e. The lowest BCUT2D eigenvalue weighted by molar-refractivity contribution is -0.119. The van der Waals surface area contributed by atoms with Gasteiger partial charge in [-0.3, -0.25) is 4.79 Å². The van der Waals surface area contributed by atoms with Crippen LogP contribution in [0, 0.1) is 5.82 Å². The number of carbonyl (C=O) groups excluding carboxylic acids is 1. The molecule has 0 saturated carbocycles. The number of ether oxygens (including phenoxy) is 1. The van der Waals surface area contributed by atoms with Crippen molar-refractivity contribution in [2.75, 3.05) is 37.4 Å². The van der Waals surface area contributed by atoms with E-state index in [-0.39, 0.29) is 23.9 Å². The predicted octanol–water partition coefficient (Wildman–Crippen LogP) is 1.38. The first-order valence-electron chi connectivity index (χ1n) is 6.18. The molecule has 0 aromatic heterocycles. The van der Waals surface area contributed by atoms with E-state index >= 15 is 0 Å². The zero-order chi connectivity index (χ0) is 14.4. The standard InChI is InChI=1S/C13H20FN3O2/c1-4-16-13(18)8-17(5-2)11-7-12(19-3)9(14)6-10(11)15/h6-7H,4-5,8,15H2,1-3H3,(H,16,18). The Labute approximate surface area is 112 Å². The van der Waals surface area contributed by atoms with Crippen LogP contribution in [0.1, 0.15) is 13.8 Å². The Morgan fingerprint density at radius 1 is 1.47 bits per heavy atom. The van der Waals surface area contributed by atoms with E-state index in [1.807, 2.05) is 13.8 Å². The first-order chi connectivity index (χ1) is 9.03. The molecule has 3 N–H and O–H groups in total. The van der Waals surface area contributed by atoms with Crippen LogP contribution in [0.15, 0.2) is 12.1 Å². The van der Waals surface area contributed by atoms with Crippen LogP contribution in [0.2, 0.25) is 0 Å². The van der Waals surface area contributed by atoms with E-state index in [1.165, 1.54) is 19.2 Å². The number of anilines is 2. The van der Waals surface area contributed by atoms with Gasteiger partial charge >= 0.3 is 0 Å². The Bertz CT molecular complexity index is 452. The Morgan fingerprint density at radius 2 is 2.16 bits per heavy atom. The van der Waals surface area contributed by atoms with Crippen LogP contribution in [-0.2, 0) is 4.79 Å². The number of rotatable bonds is 6. The van der Waals surface area contributed by atoms with Gasteiger partial charge in [0.2, 0.25) is 5.91 Å². The number of nitrogen functional groups attached to an aromatic ring is 1. The molecule has 1 aromatic carbocycles. The number of benzene rings is 1. The number of hydrogen-bond acceptors (Lipinski definition) is 4. The third kappa shape index (κ3) is 3.74. The summed E-state index contributed by atoms with van der Waals surface area (Å²) in [5.74, 6) is -0.511. The predicted molar refractivity (Wildman–Crippen MR) is 73.9 cm³/mol. The Morgan fingerprint density at radius 3 is 2.68 bits per heavy atom. The Kier molecular flexibility index (Phi) is 5.41. The van der Waals surface area contributed by atoms with Crippen molar-refractivity contribution in [3.63, 3.8) is 0 Å². The zero-order valence-electron chi connectivity index (χ0n) is 11.5. The summed E-state index contributed by atoms with van der Waals surface area (Å²) in [6.45, 7) is 5.07. The second-order valence-corrected chi connectivity index (χ2v) is 4.01. The summed E-state index contributed by atoms with van der Waals surface area (Å²) in [5.41, 5.74) is 6.67. The highest BCUT2D eigenvalue weighted by Crippen LogP contribution is 2.30. The highest BCUT2D eigenvalue weighted by atomic mass is 19.1. The van der Waals surface area contributed by atoms with Crippen molar-refractivity contribution in [2.45, 2.75) is 13.8 Å². The molecule has 0 aliphatic carbocycles. The summed E-state index contributed by atoms with van der Waals surface area (Å²) in [6, 6.07) is 2.71.